The lowest BCUT2D eigenvalue weighted by Gasteiger charge is -2.16. The van der Waals surface area contributed by atoms with Crippen molar-refractivity contribution in [3.05, 3.63) is 46.8 Å². The molecular weight excluding hydrogens is 312 g/mol. The number of rotatable bonds is 7. The fourth-order valence-electron chi connectivity index (χ4n) is 2.14. The molecule has 0 atom stereocenters. The van der Waals surface area contributed by atoms with Crippen LogP contribution in [-0.2, 0) is 9.53 Å². The lowest BCUT2D eigenvalue weighted by molar-refractivity contribution is -0.138. The highest BCUT2D eigenvalue weighted by molar-refractivity contribution is 5.84. The zero-order valence-corrected chi connectivity index (χ0v) is 14.0. The van der Waals surface area contributed by atoms with Crippen LogP contribution in [0.5, 0.6) is 11.5 Å². The van der Waals surface area contributed by atoms with Crippen LogP contribution in [0.4, 0.5) is 0 Å². The molecule has 0 aliphatic rings. The van der Waals surface area contributed by atoms with Gasteiger partial charge in [-0.05, 0) is 32.4 Å². The molecule has 0 radical (unpaired) electrons. The van der Waals surface area contributed by atoms with Gasteiger partial charge >= 0.3 is 11.6 Å². The van der Waals surface area contributed by atoms with E-state index in [2.05, 4.69) is 6.58 Å². The van der Waals surface area contributed by atoms with Crippen molar-refractivity contribution in [3.63, 3.8) is 0 Å². The number of carbonyl (C=O) groups is 1. The van der Waals surface area contributed by atoms with Gasteiger partial charge in [0.1, 0.15) is 18.8 Å². The lowest BCUT2D eigenvalue weighted by atomic mass is 10.1. The predicted octanol–water partition coefficient (Wildman–Crippen LogP) is 3.00. The summed E-state index contributed by atoms with van der Waals surface area (Å²) >= 11 is 0. The van der Waals surface area contributed by atoms with Crippen molar-refractivity contribution >= 4 is 16.9 Å². The van der Waals surface area contributed by atoms with Crippen LogP contribution in [0.25, 0.3) is 11.0 Å². The van der Waals surface area contributed by atoms with Gasteiger partial charge in [0.15, 0.2) is 11.5 Å². The molecule has 0 saturated heterocycles. The van der Waals surface area contributed by atoms with Gasteiger partial charge < -0.3 is 18.6 Å². The van der Waals surface area contributed by atoms with Crippen LogP contribution < -0.4 is 15.1 Å². The van der Waals surface area contributed by atoms with Crippen molar-refractivity contribution in [1.82, 2.24) is 0 Å². The lowest BCUT2D eigenvalue weighted by Crippen LogP contribution is -2.12. The number of hydrogen-bond donors (Lipinski definition) is 0. The molecule has 0 spiro atoms. The number of benzene rings is 1. The van der Waals surface area contributed by atoms with E-state index in [0.717, 1.165) is 17.0 Å². The average Bonchev–Trinajstić information content (AvgIpc) is 2.51. The van der Waals surface area contributed by atoms with Crippen LogP contribution in [0, 0.1) is 6.92 Å². The Bertz CT molecular complexity index is 803. The van der Waals surface area contributed by atoms with E-state index in [1.165, 1.54) is 6.07 Å². The highest BCUT2D eigenvalue weighted by Gasteiger charge is 2.13. The number of hydrogen-bond acceptors (Lipinski definition) is 6. The first kappa shape index (κ1) is 17.6. The molecule has 0 aliphatic carbocycles. The molecule has 2 aromatic rings. The first-order chi connectivity index (χ1) is 11.4. The molecule has 6 nitrogen and oxygen atoms in total. The summed E-state index contributed by atoms with van der Waals surface area (Å²) in [4.78, 5) is 22.6. The number of carbonyl (C=O) groups excluding carboxylic acids is 1. The molecule has 1 aromatic heterocycles. The van der Waals surface area contributed by atoms with E-state index in [9.17, 15) is 9.59 Å². The van der Waals surface area contributed by atoms with E-state index in [1.54, 1.807) is 12.1 Å². The minimum atomic E-state index is -0.506. The van der Waals surface area contributed by atoms with Gasteiger partial charge in [-0.1, -0.05) is 6.58 Å². The van der Waals surface area contributed by atoms with Crippen molar-refractivity contribution < 1.29 is 23.4 Å². The van der Waals surface area contributed by atoms with Gasteiger partial charge in [-0.15, -0.1) is 0 Å². The maximum Gasteiger partial charge on any atom is 0.336 e. The molecule has 0 amide bonds. The number of esters is 1. The van der Waals surface area contributed by atoms with Crippen molar-refractivity contribution in [2.45, 2.75) is 26.9 Å². The van der Waals surface area contributed by atoms with Crippen LogP contribution in [-0.4, -0.2) is 25.3 Å². The van der Waals surface area contributed by atoms with Crippen molar-refractivity contribution in [2.24, 2.45) is 0 Å². The van der Waals surface area contributed by atoms with E-state index in [-0.39, 0.29) is 19.3 Å². The first-order valence-electron chi connectivity index (χ1n) is 7.58. The zero-order chi connectivity index (χ0) is 17.7. The monoisotopic (exact) mass is 332 g/mol. The molecule has 1 aromatic carbocycles. The largest absolute Gasteiger partial charge is 0.487 e. The molecular formula is C18H20O6. The third-order valence-electron chi connectivity index (χ3n) is 3.13. The Balaban J connectivity index is 2.29. The van der Waals surface area contributed by atoms with E-state index in [0.29, 0.717) is 17.1 Å². The van der Waals surface area contributed by atoms with E-state index in [1.807, 2.05) is 20.8 Å². The Morgan fingerprint density at radius 3 is 2.67 bits per heavy atom. The zero-order valence-electron chi connectivity index (χ0n) is 14.0. The van der Waals surface area contributed by atoms with Gasteiger partial charge in [0.05, 0.1) is 6.10 Å². The quantitative estimate of drug-likeness (QED) is 0.336. The minimum Gasteiger partial charge on any atom is -0.487 e. The van der Waals surface area contributed by atoms with Gasteiger partial charge in [-0.2, -0.15) is 0 Å². The third kappa shape index (κ3) is 4.38. The van der Waals surface area contributed by atoms with Crippen LogP contribution in [0.15, 0.2) is 40.1 Å². The first-order valence-corrected chi connectivity index (χ1v) is 7.58. The second-order valence-electron chi connectivity index (χ2n) is 5.43. The summed E-state index contributed by atoms with van der Waals surface area (Å²) in [5.41, 5.74) is 0.793. The summed E-state index contributed by atoms with van der Waals surface area (Å²) in [6.45, 7) is 9.16. The molecule has 6 heteroatoms. The van der Waals surface area contributed by atoms with Crippen molar-refractivity contribution in [2.75, 3.05) is 13.2 Å². The summed E-state index contributed by atoms with van der Waals surface area (Å²) < 4.78 is 21.5. The molecule has 24 heavy (non-hydrogen) atoms. The Morgan fingerprint density at radius 2 is 2.00 bits per heavy atom. The number of ether oxygens (including phenoxy) is 3. The molecule has 0 N–H and O–H groups in total. The van der Waals surface area contributed by atoms with Gasteiger partial charge in [0.2, 0.25) is 0 Å². The van der Waals surface area contributed by atoms with Gasteiger partial charge in [0.25, 0.3) is 0 Å². The topological polar surface area (TPSA) is 75.0 Å². The number of fused-ring (bicyclic) bond motifs is 1. The summed E-state index contributed by atoms with van der Waals surface area (Å²) in [5.74, 6) is 0.442. The fourth-order valence-corrected chi connectivity index (χ4v) is 2.14. The predicted molar refractivity (Wildman–Crippen MR) is 89.6 cm³/mol. The average molecular weight is 332 g/mol. The van der Waals surface area contributed by atoms with Crippen molar-refractivity contribution in [3.8, 4) is 11.5 Å². The summed E-state index contributed by atoms with van der Waals surface area (Å²) in [5, 5.41) is 0.754. The Hall–Kier alpha value is -2.76. The molecule has 0 fully saturated rings. The highest BCUT2D eigenvalue weighted by atomic mass is 16.6. The van der Waals surface area contributed by atoms with Crippen molar-refractivity contribution in [1.29, 1.82) is 0 Å². The van der Waals surface area contributed by atoms with Gasteiger partial charge in [0, 0.05) is 23.6 Å². The number of aryl methyl sites for hydroxylation is 1. The molecule has 1 heterocycles. The Kier molecular flexibility index (Phi) is 5.63. The van der Waals surface area contributed by atoms with Crippen LogP contribution in [0.2, 0.25) is 0 Å². The fraction of sp³-hybridized carbons (Fsp3) is 0.333. The normalized spacial score (nSPS) is 10.7. The SMILES string of the molecule is C=CC(=O)OCCOc1cc2c(C)cc(=O)oc2cc1OC(C)C. The summed E-state index contributed by atoms with van der Waals surface area (Å²) in [6, 6.07) is 4.80. The Labute approximate surface area is 139 Å². The smallest absolute Gasteiger partial charge is 0.336 e. The molecule has 2 rings (SSSR count). The maximum absolute atomic E-state index is 11.5. The molecule has 0 aliphatic heterocycles. The van der Waals surface area contributed by atoms with E-state index >= 15 is 0 Å². The highest BCUT2D eigenvalue weighted by Crippen LogP contribution is 2.34. The van der Waals surface area contributed by atoms with Crippen LogP contribution in [0.1, 0.15) is 19.4 Å². The maximum atomic E-state index is 11.5. The van der Waals surface area contributed by atoms with Gasteiger partial charge in [-0.3, -0.25) is 0 Å². The Morgan fingerprint density at radius 1 is 1.25 bits per heavy atom. The molecule has 0 unspecified atom stereocenters. The molecule has 128 valence electrons. The van der Waals surface area contributed by atoms with E-state index in [4.69, 9.17) is 18.6 Å². The van der Waals surface area contributed by atoms with Crippen LogP contribution in [0.3, 0.4) is 0 Å². The second-order valence-corrected chi connectivity index (χ2v) is 5.43. The van der Waals surface area contributed by atoms with Crippen LogP contribution >= 0.6 is 0 Å². The third-order valence-corrected chi connectivity index (χ3v) is 3.13. The van der Waals surface area contributed by atoms with E-state index < -0.39 is 11.6 Å². The molecule has 0 bridgehead atoms. The standard InChI is InChI=1S/C18H20O6/c1-5-17(19)22-7-6-21-15-9-13-12(4)8-18(20)24-14(13)10-16(15)23-11(2)3/h5,8-11H,1,6-7H2,2-4H3. The summed E-state index contributed by atoms with van der Waals surface area (Å²) in [7, 11) is 0. The second kappa shape index (κ2) is 7.68. The molecule has 0 saturated carbocycles. The summed E-state index contributed by atoms with van der Waals surface area (Å²) in [6.07, 6.45) is 1.01. The van der Waals surface area contributed by atoms with Gasteiger partial charge in [-0.25, -0.2) is 9.59 Å². The minimum absolute atomic E-state index is 0.0834.